The summed E-state index contributed by atoms with van der Waals surface area (Å²) in [5, 5.41) is 3.43. The minimum absolute atomic E-state index is 0.0113. The molecule has 1 aromatic carbocycles. The summed E-state index contributed by atoms with van der Waals surface area (Å²) >= 11 is 0. The second-order valence-electron chi connectivity index (χ2n) is 7.92. The van der Waals surface area contributed by atoms with Crippen LogP contribution >= 0.6 is 0 Å². The van der Waals surface area contributed by atoms with E-state index in [9.17, 15) is 9.59 Å². The van der Waals surface area contributed by atoms with E-state index in [-0.39, 0.29) is 24.0 Å². The molecule has 1 aliphatic carbocycles. The monoisotopic (exact) mass is 416 g/mol. The molecule has 2 N–H and O–H groups in total. The molecule has 1 unspecified atom stereocenters. The van der Waals surface area contributed by atoms with E-state index in [4.69, 9.17) is 4.74 Å². The van der Waals surface area contributed by atoms with Crippen LogP contribution in [0.4, 0.5) is 11.4 Å². The molecular formula is C24H24N4O3. The van der Waals surface area contributed by atoms with Crippen LogP contribution in [0.5, 0.6) is 0 Å². The minimum atomic E-state index is -0.341. The number of amides is 1. The van der Waals surface area contributed by atoms with Crippen LogP contribution in [0.25, 0.3) is 11.3 Å². The Balaban J connectivity index is 1.52. The lowest BCUT2D eigenvalue weighted by molar-refractivity contribution is -0.139. The van der Waals surface area contributed by atoms with Gasteiger partial charge in [0.1, 0.15) is 0 Å². The summed E-state index contributed by atoms with van der Waals surface area (Å²) in [5.74, 6) is -0.311. The van der Waals surface area contributed by atoms with E-state index in [0.717, 1.165) is 28.3 Å². The van der Waals surface area contributed by atoms with Gasteiger partial charge in [0, 0.05) is 55.3 Å². The number of pyridine rings is 1. The molecule has 0 bridgehead atoms. The molecule has 0 radical (unpaired) electrons. The van der Waals surface area contributed by atoms with Gasteiger partial charge in [-0.25, -0.2) is 0 Å². The Morgan fingerprint density at radius 1 is 1.06 bits per heavy atom. The number of aromatic amines is 1. The number of benzene rings is 1. The van der Waals surface area contributed by atoms with Crippen molar-refractivity contribution in [3.05, 3.63) is 66.1 Å². The number of nitrogens with zero attached hydrogens (tertiary/aromatic N) is 2. The molecule has 7 nitrogen and oxygen atoms in total. The summed E-state index contributed by atoms with van der Waals surface area (Å²) < 4.78 is 5.36. The molecular weight excluding hydrogens is 392 g/mol. The predicted octanol–water partition coefficient (Wildman–Crippen LogP) is 3.42. The van der Waals surface area contributed by atoms with Crippen LogP contribution in [0.1, 0.15) is 22.5 Å². The third-order valence-electron chi connectivity index (χ3n) is 5.92. The first-order valence-electron chi connectivity index (χ1n) is 10.6. The molecule has 7 heteroatoms. The Bertz CT molecular complexity index is 1090. The molecule has 1 saturated heterocycles. The molecule has 31 heavy (non-hydrogen) atoms. The summed E-state index contributed by atoms with van der Waals surface area (Å²) in [6.45, 7) is 2.28. The number of rotatable bonds is 4. The van der Waals surface area contributed by atoms with Gasteiger partial charge in [-0.2, -0.15) is 0 Å². The van der Waals surface area contributed by atoms with Gasteiger partial charge in [0.15, 0.2) is 5.78 Å². The number of ether oxygens (including phenoxy) is 1. The Kier molecular flexibility index (Phi) is 5.26. The van der Waals surface area contributed by atoms with Crippen molar-refractivity contribution in [2.45, 2.75) is 12.8 Å². The average Bonchev–Trinajstić information content (AvgIpc) is 3.19. The van der Waals surface area contributed by atoms with E-state index in [2.05, 4.69) is 15.3 Å². The van der Waals surface area contributed by atoms with E-state index in [1.165, 1.54) is 0 Å². The Labute approximate surface area is 180 Å². The fraction of sp³-hybridized carbons (Fsp3) is 0.292. The lowest BCUT2D eigenvalue weighted by Gasteiger charge is -2.31. The molecule has 158 valence electrons. The molecule has 1 amide bonds. The summed E-state index contributed by atoms with van der Waals surface area (Å²) in [6.07, 6.45) is 4.20. The maximum Gasteiger partial charge on any atom is 0.226 e. The molecule has 3 heterocycles. The zero-order valence-electron chi connectivity index (χ0n) is 17.1. The maximum absolute atomic E-state index is 13.3. The summed E-state index contributed by atoms with van der Waals surface area (Å²) in [4.78, 5) is 35.7. The third-order valence-corrected chi connectivity index (χ3v) is 5.92. The molecule has 1 atom stereocenters. The van der Waals surface area contributed by atoms with E-state index in [0.29, 0.717) is 38.3 Å². The van der Waals surface area contributed by atoms with Crippen molar-refractivity contribution in [1.29, 1.82) is 0 Å². The molecule has 1 aliphatic heterocycles. The van der Waals surface area contributed by atoms with Crippen LogP contribution in [0.3, 0.4) is 0 Å². The van der Waals surface area contributed by atoms with Crippen LogP contribution in [-0.4, -0.2) is 52.9 Å². The van der Waals surface area contributed by atoms with Gasteiger partial charge in [0.05, 0.1) is 36.1 Å². The van der Waals surface area contributed by atoms with Crippen molar-refractivity contribution in [3.8, 4) is 11.3 Å². The zero-order chi connectivity index (χ0) is 21.2. The number of fused-ring (bicyclic) bond motifs is 1. The van der Waals surface area contributed by atoms with Crippen LogP contribution in [0.2, 0.25) is 0 Å². The predicted molar refractivity (Wildman–Crippen MR) is 117 cm³/mol. The highest BCUT2D eigenvalue weighted by molar-refractivity contribution is 6.09. The van der Waals surface area contributed by atoms with E-state index >= 15 is 0 Å². The van der Waals surface area contributed by atoms with Crippen molar-refractivity contribution in [2.24, 2.45) is 5.92 Å². The van der Waals surface area contributed by atoms with Gasteiger partial charge in [-0.3, -0.25) is 14.6 Å². The van der Waals surface area contributed by atoms with Gasteiger partial charge >= 0.3 is 0 Å². The van der Waals surface area contributed by atoms with Crippen molar-refractivity contribution in [1.82, 2.24) is 14.9 Å². The van der Waals surface area contributed by atoms with Gasteiger partial charge in [0.25, 0.3) is 0 Å². The highest BCUT2D eigenvalue weighted by Gasteiger charge is 2.36. The Morgan fingerprint density at radius 3 is 2.55 bits per heavy atom. The van der Waals surface area contributed by atoms with Crippen molar-refractivity contribution in [3.63, 3.8) is 0 Å². The number of carbonyl (C=O) groups excluding carboxylic acids is 2. The number of anilines is 2. The molecule has 2 aromatic heterocycles. The average molecular weight is 416 g/mol. The first kappa shape index (κ1) is 19.5. The highest BCUT2D eigenvalue weighted by atomic mass is 16.5. The SMILES string of the molecule is O=C1CC(C(=O)N2CCOCC2)Cc2[nH]c(-c3ccncc3)c(Nc3ccccc3)c21. The minimum Gasteiger partial charge on any atom is -0.378 e. The van der Waals surface area contributed by atoms with Crippen LogP contribution in [0, 0.1) is 5.92 Å². The van der Waals surface area contributed by atoms with Crippen LogP contribution in [0.15, 0.2) is 54.9 Å². The number of ketones is 1. The summed E-state index contributed by atoms with van der Waals surface area (Å²) in [7, 11) is 0. The number of nitrogens with one attached hydrogen (secondary N) is 2. The standard InChI is InChI=1S/C24H24N4O3/c29-20-15-17(24(30)28-10-12-31-13-11-28)14-19-21(20)23(26-18-4-2-1-3-5-18)22(27-19)16-6-8-25-9-7-16/h1-9,17,26-27H,10-15H2. The second-order valence-corrected chi connectivity index (χ2v) is 7.92. The van der Waals surface area contributed by atoms with Crippen molar-refractivity contribution >= 4 is 23.1 Å². The third kappa shape index (κ3) is 3.84. The van der Waals surface area contributed by atoms with Crippen molar-refractivity contribution < 1.29 is 14.3 Å². The molecule has 0 spiro atoms. The quantitative estimate of drug-likeness (QED) is 0.681. The lowest BCUT2D eigenvalue weighted by atomic mass is 9.85. The fourth-order valence-electron chi connectivity index (χ4n) is 4.40. The molecule has 3 aromatic rings. The second kappa shape index (κ2) is 8.35. The van der Waals surface area contributed by atoms with E-state index < -0.39 is 0 Å². The maximum atomic E-state index is 13.3. The molecule has 2 aliphatic rings. The normalized spacial score (nSPS) is 18.5. The van der Waals surface area contributed by atoms with Gasteiger partial charge in [-0.05, 0) is 24.3 Å². The number of carbonyl (C=O) groups is 2. The zero-order valence-corrected chi connectivity index (χ0v) is 17.1. The Hall–Kier alpha value is -3.45. The number of hydrogen-bond acceptors (Lipinski definition) is 5. The lowest BCUT2D eigenvalue weighted by Crippen LogP contribution is -2.45. The summed E-state index contributed by atoms with van der Waals surface area (Å²) in [6, 6.07) is 13.6. The summed E-state index contributed by atoms with van der Waals surface area (Å²) in [5.41, 5.74) is 4.90. The van der Waals surface area contributed by atoms with E-state index in [1.54, 1.807) is 12.4 Å². The van der Waals surface area contributed by atoms with Gasteiger partial charge in [0.2, 0.25) is 5.91 Å². The molecule has 0 saturated carbocycles. The number of para-hydroxylation sites is 1. The van der Waals surface area contributed by atoms with Gasteiger partial charge < -0.3 is 19.9 Å². The number of hydrogen-bond donors (Lipinski definition) is 2. The number of morpholine rings is 1. The number of H-pyrrole nitrogens is 1. The first-order valence-corrected chi connectivity index (χ1v) is 10.6. The number of aromatic nitrogens is 2. The molecule has 1 fully saturated rings. The Morgan fingerprint density at radius 2 is 1.81 bits per heavy atom. The first-order chi connectivity index (χ1) is 15.2. The van der Waals surface area contributed by atoms with Crippen LogP contribution < -0.4 is 5.32 Å². The van der Waals surface area contributed by atoms with Crippen LogP contribution in [-0.2, 0) is 16.0 Å². The smallest absolute Gasteiger partial charge is 0.226 e. The van der Waals surface area contributed by atoms with Gasteiger partial charge in [-0.1, -0.05) is 18.2 Å². The van der Waals surface area contributed by atoms with Crippen molar-refractivity contribution in [2.75, 3.05) is 31.6 Å². The van der Waals surface area contributed by atoms with Gasteiger partial charge in [-0.15, -0.1) is 0 Å². The fourth-order valence-corrected chi connectivity index (χ4v) is 4.40. The largest absolute Gasteiger partial charge is 0.378 e. The number of Topliss-reactive ketones (excluding diaryl/α,β-unsaturated/α-hetero) is 1. The highest BCUT2D eigenvalue weighted by Crippen LogP contribution is 2.40. The van der Waals surface area contributed by atoms with E-state index in [1.807, 2.05) is 47.4 Å². The molecule has 5 rings (SSSR count). The topological polar surface area (TPSA) is 87.3 Å².